The molecule has 3 aliphatic carbocycles. The summed E-state index contributed by atoms with van der Waals surface area (Å²) in [5.74, 6) is 3.11. The summed E-state index contributed by atoms with van der Waals surface area (Å²) >= 11 is 0. The first-order chi connectivity index (χ1) is 23.8. The van der Waals surface area contributed by atoms with Crippen LogP contribution in [0, 0.1) is 17.8 Å². The van der Waals surface area contributed by atoms with Crippen molar-refractivity contribution in [2.24, 2.45) is 17.8 Å². The van der Waals surface area contributed by atoms with Gasteiger partial charge in [0.15, 0.2) is 17.5 Å². The van der Waals surface area contributed by atoms with Crippen molar-refractivity contribution >= 4 is 33.1 Å². The highest BCUT2D eigenvalue weighted by Gasteiger charge is 2.45. The molecule has 228 valence electrons. The van der Waals surface area contributed by atoms with Crippen LogP contribution >= 0.6 is 0 Å². The lowest BCUT2D eigenvalue weighted by molar-refractivity contribution is 0.145. The first-order valence-electron chi connectivity index (χ1n) is 16.4. The molecule has 1 aliphatic heterocycles. The predicted molar refractivity (Wildman–Crippen MR) is 190 cm³/mol. The number of para-hydroxylation sites is 1. The standard InChI is InChI=1S/C43H29N3O2/c1-3-13-26(14-4-1)28-20-11-24-37-38(28)34-25-33(29-17-7-8-18-30(29)40(34)48-37)43-45-41(27-15-5-2-6-16-27)44-42(46-43)32-21-12-23-36-39(32)31-19-9-10-22-35(31)47-36/h1-25,29-30,37-38H. The fourth-order valence-corrected chi connectivity index (χ4v) is 7.75. The van der Waals surface area contributed by atoms with E-state index in [1.165, 1.54) is 16.7 Å². The van der Waals surface area contributed by atoms with Gasteiger partial charge in [-0.1, -0.05) is 127 Å². The third-order valence-corrected chi connectivity index (χ3v) is 9.91. The van der Waals surface area contributed by atoms with Crippen LogP contribution in [0.25, 0.3) is 55.9 Å². The number of hydrogen-bond donors (Lipinski definition) is 0. The summed E-state index contributed by atoms with van der Waals surface area (Å²) < 4.78 is 13.1. The minimum Gasteiger partial charge on any atom is -0.489 e. The molecule has 0 amide bonds. The first kappa shape index (κ1) is 27.1. The second-order valence-corrected chi connectivity index (χ2v) is 12.6. The van der Waals surface area contributed by atoms with E-state index in [1.54, 1.807) is 0 Å². The third-order valence-electron chi connectivity index (χ3n) is 9.91. The lowest BCUT2D eigenvalue weighted by Crippen LogP contribution is -2.23. The highest BCUT2D eigenvalue weighted by Crippen LogP contribution is 2.53. The molecule has 0 N–H and O–H groups in total. The van der Waals surface area contributed by atoms with Gasteiger partial charge in [0.1, 0.15) is 23.0 Å². The molecule has 0 saturated carbocycles. The van der Waals surface area contributed by atoms with Crippen LogP contribution in [0.15, 0.2) is 167 Å². The van der Waals surface area contributed by atoms with Crippen LogP contribution in [0.4, 0.5) is 0 Å². The number of nitrogens with zero attached hydrogens (tertiary/aromatic N) is 3. The van der Waals surface area contributed by atoms with Gasteiger partial charge in [-0.05, 0) is 35.4 Å². The molecule has 5 nitrogen and oxygen atoms in total. The van der Waals surface area contributed by atoms with Crippen LogP contribution in [0.3, 0.4) is 0 Å². The Hall–Kier alpha value is -6.07. The smallest absolute Gasteiger partial charge is 0.164 e. The zero-order valence-electron chi connectivity index (χ0n) is 25.9. The van der Waals surface area contributed by atoms with Crippen molar-refractivity contribution < 1.29 is 9.15 Å². The van der Waals surface area contributed by atoms with Crippen LogP contribution in [-0.2, 0) is 4.74 Å². The molecular formula is C43H29N3O2. The van der Waals surface area contributed by atoms with Gasteiger partial charge in [-0.2, -0.15) is 0 Å². The first-order valence-corrected chi connectivity index (χ1v) is 16.4. The topological polar surface area (TPSA) is 61.0 Å². The Morgan fingerprint density at radius 1 is 0.542 bits per heavy atom. The zero-order valence-corrected chi connectivity index (χ0v) is 25.9. The van der Waals surface area contributed by atoms with E-state index in [-0.39, 0.29) is 23.9 Å². The van der Waals surface area contributed by atoms with Crippen molar-refractivity contribution in [2.75, 3.05) is 0 Å². The van der Waals surface area contributed by atoms with Gasteiger partial charge in [0.2, 0.25) is 0 Å². The van der Waals surface area contributed by atoms with Gasteiger partial charge in [0.05, 0.1) is 5.92 Å². The lowest BCUT2D eigenvalue weighted by atomic mass is 9.72. The van der Waals surface area contributed by atoms with Gasteiger partial charge >= 0.3 is 0 Å². The summed E-state index contributed by atoms with van der Waals surface area (Å²) in [6, 6.07) is 35.0. The number of aromatic nitrogens is 3. The van der Waals surface area contributed by atoms with Gasteiger partial charge in [0, 0.05) is 44.9 Å². The molecule has 0 radical (unpaired) electrons. The van der Waals surface area contributed by atoms with E-state index in [0.29, 0.717) is 17.5 Å². The van der Waals surface area contributed by atoms with E-state index in [2.05, 4.69) is 103 Å². The van der Waals surface area contributed by atoms with Gasteiger partial charge in [-0.3, -0.25) is 0 Å². The summed E-state index contributed by atoms with van der Waals surface area (Å²) in [6.07, 6.45) is 17.6. The molecule has 3 heterocycles. The van der Waals surface area contributed by atoms with Crippen LogP contribution in [0.5, 0.6) is 0 Å². The molecule has 2 aromatic heterocycles. The minimum atomic E-state index is -0.0634. The normalized spacial score (nSPS) is 22.2. The van der Waals surface area contributed by atoms with Gasteiger partial charge in [-0.25, -0.2) is 15.0 Å². The van der Waals surface area contributed by atoms with Crippen molar-refractivity contribution in [1.82, 2.24) is 15.0 Å². The van der Waals surface area contributed by atoms with E-state index >= 15 is 0 Å². The van der Waals surface area contributed by atoms with Gasteiger partial charge in [-0.15, -0.1) is 0 Å². The van der Waals surface area contributed by atoms with Crippen molar-refractivity contribution in [3.63, 3.8) is 0 Å². The second-order valence-electron chi connectivity index (χ2n) is 12.6. The summed E-state index contributed by atoms with van der Waals surface area (Å²) in [7, 11) is 0. The SMILES string of the molecule is C1=CC2OC3=C(C=C(c4nc(-c5ccccc5)nc(-c5cccc6oc7ccccc7c56)n4)C4C=CC=CC34)C2C(c2ccccc2)=C1. The van der Waals surface area contributed by atoms with E-state index in [0.717, 1.165) is 44.4 Å². The molecule has 6 aromatic rings. The Morgan fingerprint density at radius 3 is 2.10 bits per heavy atom. The largest absolute Gasteiger partial charge is 0.489 e. The van der Waals surface area contributed by atoms with Gasteiger partial charge < -0.3 is 9.15 Å². The minimum absolute atomic E-state index is 0.0199. The fourth-order valence-electron chi connectivity index (χ4n) is 7.75. The Kier molecular flexibility index (Phi) is 6.06. The van der Waals surface area contributed by atoms with E-state index in [4.69, 9.17) is 24.1 Å². The maximum absolute atomic E-state index is 6.80. The average molecular weight is 620 g/mol. The number of allylic oxidation sites excluding steroid dienone is 8. The number of furan rings is 1. The number of benzene rings is 4. The molecular weight excluding hydrogens is 590 g/mol. The average Bonchev–Trinajstić information content (AvgIpc) is 3.74. The number of hydrogen-bond acceptors (Lipinski definition) is 5. The molecule has 0 bridgehead atoms. The molecule has 5 heteroatoms. The number of rotatable bonds is 4. The zero-order chi connectivity index (χ0) is 31.6. The highest BCUT2D eigenvalue weighted by atomic mass is 16.5. The Balaban J connectivity index is 1.19. The van der Waals surface area contributed by atoms with Gasteiger partial charge in [0.25, 0.3) is 0 Å². The Morgan fingerprint density at radius 2 is 1.25 bits per heavy atom. The summed E-state index contributed by atoms with van der Waals surface area (Å²) in [6.45, 7) is 0. The van der Waals surface area contributed by atoms with E-state index < -0.39 is 0 Å². The molecule has 0 fully saturated rings. The Bertz CT molecular complexity index is 2450. The van der Waals surface area contributed by atoms with Crippen molar-refractivity contribution in [3.8, 4) is 22.8 Å². The quantitative estimate of drug-likeness (QED) is 0.197. The number of fused-ring (bicyclic) bond motifs is 7. The highest BCUT2D eigenvalue weighted by molar-refractivity contribution is 6.11. The summed E-state index contributed by atoms with van der Waals surface area (Å²) in [5, 5.41) is 2.04. The monoisotopic (exact) mass is 619 g/mol. The summed E-state index contributed by atoms with van der Waals surface area (Å²) in [5.41, 5.74) is 8.24. The van der Waals surface area contributed by atoms with Crippen LogP contribution in [0.2, 0.25) is 0 Å². The summed E-state index contributed by atoms with van der Waals surface area (Å²) in [4.78, 5) is 15.6. The Labute approximate surface area is 277 Å². The molecule has 0 saturated heterocycles. The fraction of sp³-hybridized carbons (Fsp3) is 0.0930. The van der Waals surface area contributed by atoms with Crippen molar-refractivity contribution in [3.05, 3.63) is 174 Å². The molecule has 4 aliphatic rings. The van der Waals surface area contributed by atoms with Crippen molar-refractivity contribution in [2.45, 2.75) is 6.10 Å². The second kappa shape index (κ2) is 10.7. The van der Waals surface area contributed by atoms with Crippen LogP contribution in [-0.4, -0.2) is 21.1 Å². The molecule has 0 spiro atoms. The molecule has 4 atom stereocenters. The van der Waals surface area contributed by atoms with Crippen LogP contribution in [0.1, 0.15) is 11.4 Å². The van der Waals surface area contributed by atoms with Crippen molar-refractivity contribution in [1.29, 1.82) is 0 Å². The lowest BCUT2D eigenvalue weighted by Gasteiger charge is -2.31. The molecule has 4 unspecified atom stereocenters. The maximum Gasteiger partial charge on any atom is 0.164 e. The van der Waals surface area contributed by atoms with Crippen LogP contribution < -0.4 is 0 Å². The van der Waals surface area contributed by atoms with E-state index in [1.807, 2.05) is 48.5 Å². The van der Waals surface area contributed by atoms with E-state index in [9.17, 15) is 0 Å². The molecule has 10 rings (SSSR count). The molecule has 4 aromatic carbocycles. The number of ether oxygens (including phenoxy) is 1. The third kappa shape index (κ3) is 4.21. The predicted octanol–water partition coefficient (Wildman–Crippen LogP) is 9.78. The molecule has 48 heavy (non-hydrogen) atoms. The maximum atomic E-state index is 6.80.